The van der Waals surface area contributed by atoms with Crippen molar-refractivity contribution in [2.45, 2.75) is 30.6 Å². The molecule has 0 aliphatic carbocycles. The maximum atomic E-state index is 11.8. The van der Waals surface area contributed by atoms with Gasteiger partial charge in [-0.3, -0.25) is 13.6 Å². The van der Waals surface area contributed by atoms with Gasteiger partial charge in [0.1, 0.15) is 36.3 Å². The molecule has 1 fully saturated rings. The second-order valence-corrected chi connectivity index (χ2v) is 7.48. The molecule has 14 nitrogen and oxygen atoms in total. The molecule has 0 radical (unpaired) electrons. The summed E-state index contributed by atoms with van der Waals surface area (Å²) in [5, 5.41) is 38.3. The number of fused-ring (bicyclic) bond motifs is 1. The van der Waals surface area contributed by atoms with E-state index in [0.717, 1.165) is 0 Å². The Morgan fingerprint density at radius 1 is 1.29 bits per heavy atom. The lowest BCUT2D eigenvalue weighted by atomic mass is 10.1. The highest BCUT2D eigenvalue weighted by molar-refractivity contribution is 7.47. The van der Waals surface area contributed by atoms with Crippen LogP contribution in [-0.2, 0) is 18.3 Å². The topological polar surface area (TPSA) is 216 Å². The van der Waals surface area contributed by atoms with Crippen molar-refractivity contribution in [1.82, 2.24) is 19.5 Å². The Balaban J connectivity index is 1.67. The first-order valence-electron chi connectivity index (χ1n) is 8.09. The van der Waals surface area contributed by atoms with Crippen LogP contribution in [0.25, 0.3) is 11.2 Å². The highest BCUT2D eigenvalue weighted by Gasteiger charge is 2.45. The number of nitrogen functional groups attached to an aromatic ring is 1. The Morgan fingerprint density at radius 2 is 2.04 bits per heavy atom. The monoisotopic (exact) mass is 421 g/mol. The lowest BCUT2D eigenvalue weighted by Crippen LogP contribution is -2.33. The molecule has 156 valence electrons. The third kappa shape index (κ3) is 4.30. The highest BCUT2D eigenvalue weighted by Crippen LogP contribution is 2.44. The number of aromatic nitrogens is 4. The van der Waals surface area contributed by atoms with E-state index in [-0.39, 0.29) is 17.0 Å². The summed E-state index contributed by atoms with van der Waals surface area (Å²) in [6.07, 6.45) is -4.01. The van der Waals surface area contributed by atoms with Crippen molar-refractivity contribution in [2.24, 2.45) is 0 Å². The lowest BCUT2D eigenvalue weighted by Gasteiger charge is -2.18. The fraction of sp³-hybridized carbons (Fsp3) is 0.615. The Labute approximate surface area is 157 Å². The summed E-state index contributed by atoms with van der Waals surface area (Å²) in [7, 11) is -4.58. The third-order valence-corrected chi connectivity index (χ3v) is 4.99. The van der Waals surface area contributed by atoms with E-state index in [1.165, 1.54) is 17.2 Å². The van der Waals surface area contributed by atoms with Crippen molar-refractivity contribution >= 4 is 24.8 Å². The molecular weight excluding hydrogens is 401 g/mol. The highest BCUT2D eigenvalue weighted by atomic mass is 31.2. The quantitative estimate of drug-likeness (QED) is 0.244. The maximum absolute atomic E-state index is 11.8. The van der Waals surface area contributed by atoms with Crippen molar-refractivity contribution in [3.05, 3.63) is 12.7 Å². The third-order valence-electron chi connectivity index (χ3n) is 4.04. The Hall–Kier alpha value is -1.74. The Bertz CT molecular complexity index is 866. The van der Waals surface area contributed by atoms with Gasteiger partial charge in [-0.05, 0) is 0 Å². The molecule has 6 atom stereocenters. The fourth-order valence-electron chi connectivity index (χ4n) is 2.59. The van der Waals surface area contributed by atoms with E-state index in [0.29, 0.717) is 0 Å². The number of imidazole rings is 1. The largest absolute Gasteiger partial charge is 0.472 e. The number of phosphoric acid groups is 1. The standard InChI is InChI=1S/C13H20N5O9P/c14-11-8-12(16-4-15-11)18(5-17-8)13-10(22)9(21)7(27-13)3-26-28(23,24)25-2-6(20)1-19/h4-7,9-10,13,19-22H,1-3H2,(H,23,24)(H2,14,15,16)/t6-,7-,9-,10-,13-/m1/s1. The molecule has 0 bridgehead atoms. The molecule has 3 heterocycles. The van der Waals surface area contributed by atoms with Gasteiger partial charge >= 0.3 is 7.82 Å². The SMILES string of the molecule is Nc1ncnc2c1ncn2[C@@H]1O[C@H](COP(=O)(O)OC[C@H](O)CO)[C@@H](O)[C@H]1O. The van der Waals surface area contributed by atoms with Crippen molar-refractivity contribution in [3.8, 4) is 0 Å². The van der Waals surface area contributed by atoms with E-state index in [9.17, 15) is 19.7 Å². The number of phosphoric ester groups is 1. The number of anilines is 1. The van der Waals surface area contributed by atoms with Crippen LogP contribution >= 0.6 is 7.82 Å². The predicted octanol–water partition coefficient (Wildman–Crippen LogP) is -2.49. The molecule has 2 aromatic heterocycles. The number of nitrogens with zero attached hydrogens (tertiary/aromatic N) is 4. The summed E-state index contributed by atoms with van der Waals surface area (Å²) in [5.74, 6) is 0.125. The molecule has 15 heteroatoms. The molecule has 1 aliphatic rings. The van der Waals surface area contributed by atoms with Crippen LogP contribution in [0, 0.1) is 0 Å². The molecule has 1 saturated heterocycles. The van der Waals surface area contributed by atoms with E-state index < -0.39 is 58.3 Å². The summed E-state index contributed by atoms with van der Waals surface area (Å²) in [5.41, 5.74) is 6.25. The molecule has 0 aromatic carbocycles. The zero-order chi connectivity index (χ0) is 20.5. The number of hydrogen-bond acceptors (Lipinski definition) is 12. The van der Waals surface area contributed by atoms with E-state index in [1.807, 2.05) is 0 Å². The fourth-order valence-corrected chi connectivity index (χ4v) is 3.36. The second-order valence-electron chi connectivity index (χ2n) is 6.03. The normalized spacial score (nSPS) is 28.5. The molecule has 3 rings (SSSR count). The van der Waals surface area contributed by atoms with Gasteiger partial charge in [0.25, 0.3) is 0 Å². The number of aliphatic hydroxyl groups is 4. The van der Waals surface area contributed by atoms with E-state index in [1.54, 1.807) is 0 Å². The van der Waals surface area contributed by atoms with E-state index >= 15 is 0 Å². The zero-order valence-corrected chi connectivity index (χ0v) is 15.2. The Kier molecular flexibility index (Phi) is 6.24. The van der Waals surface area contributed by atoms with E-state index in [4.69, 9.17) is 25.2 Å². The van der Waals surface area contributed by atoms with Gasteiger partial charge < -0.3 is 35.8 Å². The molecule has 0 saturated carbocycles. The molecule has 0 amide bonds. The summed E-state index contributed by atoms with van der Waals surface area (Å²) < 4.78 is 27.9. The average molecular weight is 421 g/mol. The molecule has 2 aromatic rings. The van der Waals surface area contributed by atoms with Crippen LogP contribution in [0.1, 0.15) is 6.23 Å². The molecular formula is C13H20N5O9P. The minimum Gasteiger partial charge on any atom is -0.394 e. The molecule has 28 heavy (non-hydrogen) atoms. The number of hydrogen-bond donors (Lipinski definition) is 6. The number of ether oxygens (including phenoxy) is 1. The van der Waals surface area contributed by atoms with Crippen LogP contribution in [0.5, 0.6) is 0 Å². The van der Waals surface area contributed by atoms with Crippen molar-refractivity contribution < 1.29 is 43.7 Å². The van der Waals surface area contributed by atoms with Gasteiger partial charge in [-0.15, -0.1) is 0 Å². The Morgan fingerprint density at radius 3 is 2.75 bits per heavy atom. The number of rotatable bonds is 8. The summed E-state index contributed by atoms with van der Waals surface area (Å²) in [4.78, 5) is 21.4. The first-order valence-corrected chi connectivity index (χ1v) is 9.58. The average Bonchev–Trinajstić information content (AvgIpc) is 3.21. The van der Waals surface area contributed by atoms with Crippen molar-refractivity contribution in [3.63, 3.8) is 0 Å². The molecule has 0 spiro atoms. The minimum atomic E-state index is -4.58. The van der Waals surface area contributed by atoms with Crippen LogP contribution in [-0.4, -0.2) is 89.1 Å². The van der Waals surface area contributed by atoms with Crippen LogP contribution in [0.15, 0.2) is 12.7 Å². The van der Waals surface area contributed by atoms with Crippen molar-refractivity contribution in [2.75, 3.05) is 25.6 Å². The van der Waals surface area contributed by atoms with Gasteiger partial charge in [-0.25, -0.2) is 19.5 Å². The van der Waals surface area contributed by atoms with Gasteiger partial charge in [0.15, 0.2) is 17.7 Å². The lowest BCUT2D eigenvalue weighted by molar-refractivity contribution is -0.0526. The van der Waals surface area contributed by atoms with Gasteiger partial charge in [-0.2, -0.15) is 0 Å². The first-order chi connectivity index (χ1) is 13.2. The van der Waals surface area contributed by atoms with Gasteiger partial charge in [0.05, 0.1) is 26.1 Å². The van der Waals surface area contributed by atoms with Crippen LogP contribution in [0.3, 0.4) is 0 Å². The molecule has 7 N–H and O–H groups in total. The molecule has 1 aliphatic heterocycles. The first kappa shape index (κ1) is 21.0. The van der Waals surface area contributed by atoms with Crippen molar-refractivity contribution in [1.29, 1.82) is 0 Å². The minimum absolute atomic E-state index is 0.125. The predicted molar refractivity (Wildman–Crippen MR) is 90.5 cm³/mol. The van der Waals surface area contributed by atoms with E-state index in [2.05, 4.69) is 19.5 Å². The van der Waals surface area contributed by atoms with Crippen LogP contribution in [0.2, 0.25) is 0 Å². The second kappa shape index (κ2) is 8.32. The van der Waals surface area contributed by atoms with Crippen LogP contribution in [0.4, 0.5) is 5.82 Å². The van der Waals surface area contributed by atoms with Gasteiger partial charge in [0, 0.05) is 0 Å². The summed E-state index contributed by atoms with van der Waals surface area (Å²) in [6, 6.07) is 0. The van der Waals surface area contributed by atoms with Gasteiger partial charge in [0.2, 0.25) is 0 Å². The van der Waals surface area contributed by atoms with Gasteiger partial charge in [-0.1, -0.05) is 0 Å². The number of nitrogens with two attached hydrogens (primary N) is 1. The summed E-state index contributed by atoms with van der Waals surface area (Å²) in [6.45, 7) is -1.89. The summed E-state index contributed by atoms with van der Waals surface area (Å²) >= 11 is 0. The van der Waals surface area contributed by atoms with Crippen LogP contribution < -0.4 is 5.73 Å². The smallest absolute Gasteiger partial charge is 0.394 e. The number of aliphatic hydroxyl groups excluding tert-OH is 4. The zero-order valence-electron chi connectivity index (χ0n) is 14.3. The maximum Gasteiger partial charge on any atom is 0.472 e. The molecule has 1 unspecified atom stereocenters.